The summed E-state index contributed by atoms with van der Waals surface area (Å²) in [4.78, 5) is 37.1. The zero-order chi connectivity index (χ0) is 21.4. The van der Waals surface area contributed by atoms with E-state index in [1.54, 1.807) is 0 Å². The van der Waals surface area contributed by atoms with Gasteiger partial charge in [-0.1, -0.05) is 57.0 Å². The van der Waals surface area contributed by atoms with Crippen LogP contribution in [-0.2, 0) is 25.7 Å². The molecule has 2 rings (SSSR count). The summed E-state index contributed by atoms with van der Waals surface area (Å²) in [5, 5.41) is 14.4. The van der Waals surface area contributed by atoms with Crippen molar-refractivity contribution in [3.8, 4) is 0 Å². The van der Waals surface area contributed by atoms with Crippen LogP contribution in [0.4, 0.5) is 0 Å². The van der Waals surface area contributed by atoms with Crippen LogP contribution in [0.3, 0.4) is 0 Å². The molecule has 2 atom stereocenters. The molecule has 1 aliphatic rings. The smallest absolute Gasteiger partial charge is 0.328 e. The quantitative estimate of drug-likeness (QED) is 0.433. The van der Waals surface area contributed by atoms with E-state index in [0.29, 0.717) is 12.8 Å². The van der Waals surface area contributed by atoms with Crippen molar-refractivity contribution in [2.24, 2.45) is 5.92 Å². The molecular formula is C21H30N2O5S. The third kappa shape index (κ3) is 6.47. The van der Waals surface area contributed by atoms with Gasteiger partial charge in [-0.3, -0.25) is 9.59 Å². The van der Waals surface area contributed by atoms with Gasteiger partial charge in [-0.05, 0) is 24.3 Å². The average Bonchev–Trinajstić information content (AvgIpc) is 3.16. The monoisotopic (exact) mass is 422 g/mol. The van der Waals surface area contributed by atoms with Gasteiger partial charge in [0.2, 0.25) is 11.8 Å². The molecule has 160 valence electrons. The Morgan fingerprint density at radius 3 is 2.34 bits per heavy atom. The highest BCUT2D eigenvalue weighted by atomic mass is 32.1. The Labute approximate surface area is 177 Å². The second-order valence-electron chi connectivity index (χ2n) is 7.83. The molecule has 0 aliphatic heterocycles. The molecule has 1 fully saturated rings. The molecule has 0 radical (unpaired) electrons. The van der Waals surface area contributed by atoms with Crippen molar-refractivity contribution in [2.75, 3.05) is 6.61 Å². The van der Waals surface area contributed by atoms with Gasteiger partial charge in [0.1, 0.15) is 5.54 Å². The first-order valence-electron chi connectivity index (χ1n) is 9.91. The van der Waals surface area contributed by atoms with Gasteiger partial charge in [0.05, 0.1) is 18.5 Å². The second kappa shape index (κ2) is 10.6. The first kappa shape index (κ1) is 23.2. The molecular weight excluding hydrogens is 392 g/mol. The lowest BCUT2D eigenvalue weighted by Gasteiger charge is -2.32. The molecule has 1 aromatic carbocycles. The highest BCUT2D eigenvalue weighted by Gasteiger charge is 2.44. The summed E-state index contributed by atoms with van der Waals surface area (Å²) in [6.45, 7) is 3.84. The number of carbonyl (C=O) groups is 3. The summed E-state index contributed by atoms with van der Waals surface area (Å²) in [7, 11) is 0. The van der Waals surface area contributed by atoms with Crippen molar-refractivity contribution in [3.05, 3.63) is 35.9 Å². The molecule has 1 unspecified atom stereocenters. The first-order chi connectivity index (χ1) is 13.7. The maximum atomic E-state index is 13.0. The Morgan fingerprint density at radius 2 is 1.79 bits per heavy atom. The van der Waals surface area contributed by atoms with E-state index in [9.17, 15) is 19.5 Å². The van der Waals surface area contributed by atoms with Crippen LogP contribution in [-0.4, -0.2) is 46.3 Å². The van der Waals surface area contributed by atoms with Crippen molar-refractivity contribution in [2.45, 2.75) is 63.0 Å². The number of carbonyl (C=O) groups excluding carboxylic acids is 2. The minimum atomic E-state index is -1.20. The normalized spacial score (nSPS) is 17.5. The highest BCUT2D eigenvalue weighted by Crippen LogP contribution is 2.30. The number of benzene rings is 1. The third-order valence-corrected chi connectivity index (χ3v) is 5.98. The topological polar surface area (TPSA) is 105 Å². The Morgan fingerprint density at radius 1 is 1.17 bits per heavy atom. The fraction of sp³-hybridized carbons (Fsp3) is 0.571. The van der Waals surface area contributed by atoms with E-state index in [0.717, 1.165) is 18.4 Å². The number of thiol groups is 1. The zero-order valence-corrected chi connectivity index (χ0v) is 17.8. The van der Waals surface area contributed by atoms with E-state index in [1.807, 2.05) is 44.2 Å². The van der Waals surface area contributed by atoms with E-state index in [1.165, 1.54) is 0 Å². The number of aliphatic carboxylic acids is 1. The summed E-state index contributed by atoms with van der Waals surface area (Å²) in [5.74, 6) is -1.96. The number of rotatable bonds is 10. The molecule has 1 aromatic rings. The average molecular weight is 423 g/mol. The van der Waals surface area contributed by atoms with Gasteiger partial charge in [-0.15, -0.1) is 0 Å². The van der Waals surface area contributed by atoms with Gasteiger partial charge in [0.15, 0.2) is 6.04 Å². The second-order valence-corrected chi connectivity index (χ2v) is 8.39. The first-order valence-corrected chi connectivity index (χ1v) is 10.4. The van der Waals surface area contributed by atoms with E-state index in [4.69, 9.17) is 4.74 Å². The number of ether oxygens (including phenoxy) is 1. The molecule has 0 spiro atoms. The van der Waals surface area contributed by atoms with Crippen molar-refractivity contribution < 1.29 is 24.2 Å². The third-order valence-electron chi connectivity index (χ3n) is 5.15. The standard InChI is InChI=1S/C21H30N2O5S/c1-14(2)17(29)18(24)23-21(10-6-7-11-21)20(27)22-16(19(25)26)13-28-12-15-8-4-3-5-9-15/h3-5,8-9,14,16-17,29H,6-7,10-13H2,1-2H3,(H,22,27)(H,23,24)(H,25,26)/t16?,17-/m0/s1. The number of carboxylic acids is 1. The van der Waals surface area contributed by atoms with Crippen molar-refractivity contribution in [1.29, 1.82) is 0 Å². The summed E-state index contributed by atoms with van der Waals surface area (Å²) in [6.07, 6.45) is 2.52. The Kier molecular flexibility index (Phi) is 8.52. The maximum Gasteiger partial charge on any atom is 0.328 e. The van der Waals surface area contributed by atoms with Crippen LogP contribution >= 0.6 is 12.6 Å². The summed E-state index contributed by atoms with van der Waals surface area (Å²) >= 11 is 4.32. The summed E-state index contributed by atoms with van der Waals surface area (Å²) in [5.41, 5.74) is -0.184. The predicted octanol–water partition coefficient (Wildman–Crippen LogP) is 2.16. The summed E-state index contributed by atoms with van der Waals surface area (Å²) in [6, 6.07) is 8.17. The molecule has 2 amide bonds. The van der Waals surface area contributed by atoms with E-state index >= 15 is 0 Å². The van der Waals surface area contributed by atoms with Crippen LogP contribution < -0.4 is 10.6 Å². The molecule has 0 saturated heterocycles. The lowest BCUT2D eigenvalue weighted by molar-refractivity contribution is -0.145. The number of hydrogen-bond donors (Lipinski definition) is 4. The predicted molar refractivity (Wildman–Crippen MR) is 113 cm³/mol. The van der Waals surface area contributed by atoms with Gasteiger partial charge in [0.25, 0.3) is 0 Å². The van der Waals surface area contributed by atoms with Crippen LogP contribution in [0.25, 0.3) is 0 Å². The minimum Gasteiger partial charge on any atom is -0.480 e. The Bertz CT molecular complexity index is 704. The van der Waals surface area contributed by atoms with Crippen LogP contribution in [0.2, 0.25) is 0 Å². The summed E-state index contributed by atoms with van der Waals surface area (Å²) < 4.78 is 5.50. The van der Waals surface area contributed by atoms with E-state index in [-0.39, 0.29) is 25.0 Å². The van der Waals surface area contributed by atoms with E-state index in [2.05, 4.69) is 23.3 Å². The fourth-order valence-electron chi connectivity index (χ4n) is 3.34. The van der Waals surface area contributed by atoms with Crippen molar-refractivity contribution >= 4 is 30.4 Å². The highest BCUT2D eigenvalue weighted by molar-refractivity contribution is 7.81. The van der Waals surface area contributed by atoms with Crippen molar-refractivity contribution in [3.63, 3.8) is 0 Å². The van der Waals surface area contributed by atoms with Gasteiger partial charge in [-0.2, -0.15) is 12.6 Å². The lowest BCUT2D eigenvalue weighted by Crippen LogP contribution is -2.61. The Balaban J connectivity index is 1.99. The SMILES string of the molecule is CC(C)[C@H](S)C(=O)NC1(C(=O)NC(COCc2ccccc2)C(=O)O)CCCC1. The zero-order valence-electron chi connectivity index (χ0n) is 16.9. The molecule has 1 aliphatic carbocycles. The number of carboxylic acid groups (broad SMARTS) is 1. The molecule has 0 heterocycles. The number of hydrogen-bond acceptors (Lipinski definition) is 5. The van der Waals surface area contributed by atoms with Gasteiger partial charge in [-0.25, -0.2) is 4.79 Å². The maximum absolute atomic E-state index is 13.0. The lowest BCUT2D eigenvalue weighted by atomic mass is 9.94. The molecule has 3 N–H and O–H groups in total. The number of nitrogens with one attached hydrogen (secondary N) is 2. The fourth-order valence-corrected chi connectivity index (χ4v) is 3.40. The van der Waals surface area contributed by atoms with E-state index < -0.39 is 28.7 Å². The molecule has 7 nitrogen and oxygen atoms in total. The molecule has 1 saturated carbocycles. The molecule has 0 bridgehead atoms. The number of amides is 2. The van der Waals surface area contributed by atoms with Crippen molar-refractivity contribution in [1.82, 2.24) is 10.6 Å². The molecule has 29 heavy (non-hydrogen) atoms. The molecule has 8 heteroatoms. The Hall–Kier alpha value is -2.06. The largest absolute Gasteiger partial charge is 0.480 e. The van der Waals surface area contributed by atoms with Crippen LogP contribution in [0.15, 0.2) is 30.3 Å². The minimum absolute atomic E-state index is 0.0120. The van der Waals surface area contributed by atoms with Gasteiger partial charge in [0, 0.05) is 0 Å². The van der Waals surface area contributed by atoms with Crippen LogP contribution in [0, 0.1) is 5.92 Å². The van der Waals surface area contributed by atoms with Crippen LogP contribution in [0.5, 0.6) is 0 Å². The van der Waals surface area contributed by atoms with Crippen LogP contribution in [0.1, 0.15) is 45.1 Å². The van der Waals surface area contributed by atoms with Gasteiger partial charge >= 0.3 is 5.97 Å². The van der Waals surface area contributed by atoms with Gasteiger partial charge < -0.3 is 20.5 Å². The molecule has 0 aromatic heterocycles.